The van der Waals surface area contributed by atoms with Gasteiger partial charge in [-0.15, -0.1) is 12.4 Å². The minimum Gasteiger partial charge on any atom is -0.494 e. The van der Waals surface area contributed by atoms with Crippen LogP contribution >= 0.6 is 12.4 Å². The summed E-state index contributed by atoms with van der Waals surface area (Å²) in [5.74, 6) is 1.57. The van der Waals surface area contributed by atoms with Crippen LogP contribution in [0, 0.1) is 5.92 Å². The van der Waals surface area contributed by atoms with Gasteiger partial charge in [0, 0.05) is 24.2 Å². The number of ether oxygens (including phenoxy) is 1. The van der Waals surface area contributed by atoms with Crippen molar-refractivity contribution in [2.24, 2.45) is 11.7 Å². The van der Waals surface area contributed by atoms with Crippen LogP contribution in [-0.2, 0) is 6.54 Å². The first-order valence-corrected chi connectivity index (χ1v) is 7.33. The van der Waals surface area contributed by atoms with Gasteiger partial charge in [-0.05, 0) is 57.5 Å². The molecule has 1 heterocycles. The quantitative estimate of drug-likeness (QED) is 0.820. The van der Waals surface area contributed by atoms with E-state index in [1.165, 1.54) is 0 Å². The van der Waals surface area contributed by atoms with Crippen LogP contribution in [-0.4, -0.2) is 36.9 Å². The molecule has 0 aromatic heterocycles. The molecule has 1 aliphatic heterocycles. The Morgan fingerprint density at radius 3 is 2.81 bits per heavy atom. The molecule has 0 amide bonds. The van der Waals surface area contributed by atoms with Gasteiger partial charge in [0.1, 0.15) is 5.75 Å². The van der Waals surface area contributed by atoms with Crippen molar-refractivity contribution < 1.29 is 9.53 Å². The van der Waals surface area contributed by atoms with Gasteiger partial charge in [0.05, 0.1) is 6.61 Å². The summed E-state index contributed by atoms with van der Waals surface area (Å²) >= 11 is 0. The van der Waals surface area contributed by atoms with E-state index in [1.54, 1.807) is 6.92 Å². The first-order chi connectivity index (χ1) is 9.63. The molecular formula is C16H25ClN2O2. The summed E-state index contributed by atoms with van der Waals surface area (Å²) in [6.07, 6.45) is 1.16. The molecule has 1 aliphatic rings. The van der Waals surface area contributed by atoms with Crippen LogP contribution in [0.2, 0.25) is 0 Å². The van der Waals surface area contributed by atoms with E-state index in [-0.39, 0.29) is 18.2 Å². The second kappa shape index (κ2) is 8.37. The van der Waals surface area contributed by atoms with Crippen molar-refractivity contribution in [1.29, 1.82) is 0 Å². The number of hydrogen-bond acceptors (Lipinski definition) is 4. The zero-order valence-electron chi connectivity index (χ0n) is 12.8. The molecule has 118 valence electrons. The van der Waals surface area contributed by atoms with Gasteiger partial charge in [-0.3, -0.25) is 9.69 Å². The zero-order chi connectivity index (χ0) is 14.5. The molecule has 0 radical (unpaired) electrons. The molecule has 1 aromatic carbocycles. The number of nitrogens with two attached hydrogens (primary N) is 1. The standard InChI is InChI=1S/C16H24N2O2.ClH/c1-3-20-16-5-4-14(12(2)19)8-15(16)11-18-7-6-13(9-17)10-18;/h4-5,8,13H,3,6-7,9-11,17H2,1-2H3;1H. The zero-order valence-corrected chi connectivity index (χ0v) is 13.6. The van der Waals surface area contributed by atoms with E-state index in [9.17, 15) is 4.79 Å². The number of hydrogen-bond donors (Lipinski definition) is 1. The first-order valence-electron chi connectivity index (χ1n) is 7.33. The Morgan fingerprint density at radius 1 is 1.48 bits per heavy atom. The third kappa shape index (κ3) is 4.70. The average Bonchev–Trinajstić information content (AvgIpc) is 2.88. The second-order valence-corrected chi connectivity index (χ2v) is 5.44. The Kier molecular flexibility index (Phi) is 7.15. The Balaban J connectivity index is 0.00000220. The fourth-order valence-electron chi connectivity index (χ4n) is 2.71. The lowest BCUT2D eigenvalue weighted by molar-refractivity contribution is 0.101. The smallest absolute Gasteiger partial charge is 0.159 e. The lowest BCUT2D eigenvalue weighted by atomic mass is 10.1. The molecule has 2 N–H and O–H groups in total. The molecule has 4 nitrogen and oxygen atoms in total. The molecule has 21 heavy (non-hydrogen) atoms. The largest absolute Gasteiger partial charge is 0.494 e. The highest BCUT2D eigenvalue weighted by Gasteiger charge is 2.22. The van der Waals surface area contributed by atoms with E-state index in [2.05, 4.69) is 4.90 Å². The number of ketones is 1. The van der Waals surface area contributed by atoms with E-state index in [0.717, 1.165) is 49.5 Å². The maximum absolute atomic E-state index is 11.5. The normalized spacial score (nSPS) is 18.3. The summed E-state index contributed by atoms with van der Waals surface area (Å²) in [4.78, 5) is 13.9. The molecule has 0 saturated carbocycles. The summed E-state index contributed by atoms with van der Waals surface area (Å²) < 4.78 is 5.67. The average molecular weight is 313 g/mol. The van der Waals surface area contributed by atoms with Crippen molar-refractivity contribution in [1.82, 2.24) is 4.90 Å². The van der Waals surface area contributed by atoms with Gasteiger partial charge in [-0.1, -0.05) is 0 Å². The van der Waals surface area contributed by atoms with Crippen LogP contribution in [0.5, 0.6) is 5.75 Å². The maximum atomic E-state index is 11.5. The van der Waals surface area contributed by atoms with Gasteiger partial charge >= 0.3 is 0 Å². The van der Waals surface area contributed by atoms with E-state index in [1.807, 2.05) is 25.1 Å². The minimum absolute atomic E-state index is 0. The van der Waals surface area contributed by atoms with Crippen molar-refractivity contribution in [2.45, 2.75) is 26.8 Å². The van der Waals surface area contributed by atoms with Crippen LogP contribution in [0.1, 0.15) is 36.2 Å². The summed E-state index contributed by atoms with van der Waals surface area (Å²) in [5.41, 5.74) is 7.58. The summed E-state index contributed by atoms with van der Waals surface area (Å²) in [5, 5.41) is 0. The molecule has 1 saturated heterocycles. The highest BCUT2D eigenvalue weighted by molar-refractivity contribution is 5.94. The highest BCUT2D eigenvalue weighted by Crippen LogP contribution is 2.25. The predicted molar refractivity (Wildman–Crippen MR) is 87.3 cm³/mol. The summed E-state index contributed by atoms with van der Waals surface area (Å²) in [6, 6.07) is 5.71. The molecule has 0 spiro atoms. The fraction of sp³-hybridized carbons (Fsp3) is 0.562. The number of rotatable bonds is 6. The fourth-order valence-corrected chi connectivity index (χ4v) is 2.71. The van der Waals surface area contributed by atoms with Crippen LogP contribution in [0.3, 0.4) is 0 Å². The second-order valence-electron chi connectivity index (χ2n) is 5.44. The lowest BCUT2D eigenvalue weighted by Gasteiger charge is -2.19. The van der Waals surface area contributed by atoms with E-state index in [4.69, 9.17) is 10.5 Å². The minimum atomic E-state index is 0. The van der Waals surface area contributed by atoms with Crippen LogP contribution < -0.4 is 10.5 Å². The van der Waals surface area contributed by atoms with Crippen molar-refractivity contribution in [3.05, 3.63) is 29.3 Å². The van der Waals surface area contributed by atoms with Gasteiger partial charge < -0.3 is 10.5 Å². The van der Waals surface area contributed by atoms with Gasteiger partial charge in [0.15, 0.2) is 5.78 Å². The number of benzene rings is 1. The Morgan fingerprint density at radius 2 is 2.24 bits per heavy atom. The van der Waals surface area contributed by atoms with Crippen molar-refractivity contribution in [3.8, 4) is 5.75 Å². The maximum Gasteiger partial charge on any atom is 0.159 e. The summed E-state index contributed by atoms with van der Waals surface area (Å²) in [6.45, 7) is 7.89. The van der Waals surface area contributed by atoms with Crippen LogP contribution in [0.25, 0.3) is 0 Å². The number of Topliss-reactive ketones (excluding diaryl/α,β-unsaturated/α-hetero) is 1. The number of halogens is 1. The van der Waals surface area contributed by atoms with Gasteiger partial charge in [0.2, 0.25) is 0 Å². The number of nitrogens with zero attached hydrogens (tertiary/aromatic N) is 1. The molecule has 2 rings (SSSR count). The molecule has 0 bridgehead atoms. The van der Waals surface area contributed by atoms with E-state index < -0.39 is 0 Å². The topological polar surface area (TPSA) is 55.6 Å². The summed E-state index contributed by atoms with van der Waals surface area (Å²) in [7, 11) is 0. The molecule has 1 atom stereocenters. The van der Waals surface area contributed by atoms with Crippen molar-refractivity contribution >= 4 is 18.2 Å². The molecular weight excluding hydrogens is 288 g/mol. The third-order valence-corrected chi connectivity index (χ3v) is 3.86. The third-order valence-electron chi connectivity index (χ3n) is 3.86. The molecule has 0 aliphatic carbocycles. The number of carbonyl (C=O) groups is 1. The first kappa shape index (κ1) is 18.0. The Bertz CT molecular complexity index is 479. The van der Waals surface area contributed by atoms with Gasteiger partial charge in [-0.2, -0.15) is 0 Å². The highest BCUT2D eigenvalue weighted by atomic mass is 35.5. The predicted octanol–water partition coefficient (Wildman–Crippen LogP) is 2.49. The lowest BCUT2D eigenvalue weighted by Crippen LogP contribution is -2.23. The monoisotopic (exact) mass is 312 g/mol. The van der Waals surface area contributed by atoms with Crippen LogP contribution in [0.4, 0.5) is 0 Å². The van der Waals surface area contributed by atoms with Crippen LogP contribution in [0.15, 0.2) is 18.2 Å². The van der Waals surface area contributed by atoms with Crippen molar-refractivity contribution in [2.75, 3.05) is 26.2 Å². The molecule has 5 heteroatoms. The van der Waals surface area contributed by atoms with E-state index >= 15 is 0 Å². The number of likely N-dealkylation sites (tertiary alicyclic amines) is 1. The molecule has 1 fully saturated rings. The SMILES string of the molecule is CCOc1ccc(C(C)=O)cc1CN1CCC(CN)C1.Cl. The van der Waals surface area contributed by atoms with E-state index in [0.29, 0.717) is 12.5 Å². The Hall–Kier alpha value is -1.10. The molecule has 1 aromatic rings. The van der Waals surface area contributed by atoms with Crippen molar-refractivity contribution in [3.63, 3.8) is 0 Å². The van der Waals surface area contributed by atoms with Gasteiger partial charge in [-0.25, -0.2) is 0 Å². The van der Waals surface area contributed by atoms with Gasteiger partial charge in [0.25, 0.3) is 0 Å². The molecule has 1 unspecified atom stereocenters. The number of carbonyl (C=O) groups excluding carboxylic acids is 1. The Labute approximate surface area is 133 Å².